The standard InChI is InChI=1S/C7H3BrClF2NO2/c8-4-2(7(13)14)1-3(9)12-5(4)6(10)11/h1,6H,(H,13,14). The summed E-state index contributed by atoms with van der Waals surface area (Å²) in [5.41, 5.74) is -1.00. The second-order valence-corrected chi connectivity index (χ2v) is 3.48. The summed E-state index contributed by atoms with van der Waals surface area (Å²) < 4.78 is 24.4. The molecule has 0 bridgehead atoms. The van der Waals surface area contributed by atoms with Gasteiger partial charge in [-0.05, 0) is 22.0 Å². The SMILES string of the molecule is O=C(O)c1cc(Cl)nc(C(F)F)c1Br. The molecule has 1 rings (SSSR count). The summed E-state index contributed by atoms with van der Waals surface area (Å²) in [7, 11) is 0. The summed E-state index contributed by atoms with van der Waals surface area (Å²) in [5, 5.41) is 8.36. The van der Waals surface area contributed by atoms with Gasteiger partial charge in [-0.25, -0.2) is 18.6 Å². The molecule has 0 fully saturated rings. The van der Waals surface area contributed by atoms with Crippen LogP contribution in [-0.4, -0.2) is 16.1 Å². The molecule has 0 saturated carbocycles. The Morgan fingerprint density at radius 2 is 2.21 bits per heavy atom. The number of hydrogen-bond donors (Lipinski definition) is 1. The Morgan fingerprint density at radius 3 is 2.64 bits per heavy atom. The molecule has 0 amide bonds. The Labute approximate surface area is 90.8 Å². The van der Waals surface area contributed by atoms with Gasteiger partial charge in [-0.3, -0.25) is 0 Å². The number of alkyl halides is 2. The fourth-order valence-electron chi connectivity index (χ4n) is 0.817. The number of aromatic carboxylic acids is 1. The van der Waals surface area contributed by atoms with Crippen molar-refractivity contribution in [2.24, 2.45) is 0 Å². The van der Waals surface area contributed by atoms with Crippen LogP contribution in [0.1, 0.15) is 22.5 Å². The minimum atomic E-state index is -2.87. The molecule has 7 heteroatoms. The topological polar surface area (TPSA) is 50.2 Å². The van der Waals surface area contributed by atoms with Crippen LogP contribution in [0, 0.1) is 0 Å². The third kappa shape index (κ3) is 2.19. The van der Waals surface area contributed by atoms with E-state index in [0.717, 1.165) is 6.07 Å². The van der Waals surface area contributed by atoms with Crippen molar-refractivity contribution >= 4 is 33.5 Å². The molecular weight excluding hydrogens is 283 g/mol. The van der Waals surface area contributed by atoms with Crippen molar-refractivity contribution in [3.8, 4) is 0 Å². The van der Waals surface area contributed by atoms with Crippen molar-refractivity contribution in [2.45, 2.75) is 6.43 Å². The van der Waals surface area contributed by atoms with Gasteiger partial charge in [0.2, 0.25) is 0 Å². The van der Waals surface area contributed by atoms with Crippen LogP contribution >= 0.6 is 27.5 Å². The molecule has 0 aliphatic rings. The summed E-state index contributed by atoms with van der Waals surface area (Å²) in [5.74, 6) is -1.34. The van der Waals surface area contributed by atoms with E-state index < -0.39 is 18.1 Å². The molecule has 0 unspecified atom stereocenters. The maximum Gasteiger partial charge on any atom is 0.337 e. The Morgan fingerprint density at radius 1 is 1.64 bits per heavy atom. The maximum atomic E-state index is 12.3. The number of halogens is 4. The van der Waals surface area contributed by atoms with Crippen molar-refractivity contribution < 1.29 is 18.7 Å². The van der Waals surface area contributed by atoms with Gasteiger partial charge >= 0.3 is 5.97 Å². The van der Waals surface area contributed by atoms with Gasteiger partial charge < -0.3 is 5.11 Å². The number of aromatic nitrogens is 1. The zero-order valence-electron chi connectivity index (χ0n) is 6.47. The van der Waals surface area contributed by atoms with Crippen LogP contribution in [0.15, 0.2) is 10.5 Å². The quantitative estimate of drug-likeness (QED) is 0.850. The molecular formula is C7H3BrClF2NO2. The second-order valence-electron chi connectivity index (χ2n) is 2.30. The molecule has 1 aromatic heterocycles. The molecule has 0 aliphatic heterocycles. The van der Waals surface area contributed by atoms with Gasteiger partial charge in [0.1, 0.15) is 10.8 Å². The summed E-state index contributed by atoms with van der Waals surface area (Å²) in [4.78, 5) is 13.9. The highest BCUT2D eigenvalue weighted by Gasteiger charge is 2.20. The first kappa shape index (κ1) is 11.3. The second kappa shape index (κ2) is 4.18. The van der Waals surface area contributed by atoms with Gasteiger partial charge in [0, 0.05) is 0 Å². The zero-order valence-corrected chi connectivity index (χ0v) is 8.81. The van der Waals surface area contributed by atoms with E-state index in [-0.39, 0.29) is 15.2 Å². The van der Waals surface area contributed by atoms with Crippen molar-refractivity contribution in [3.63, 3.8) is 0 Å². The highest BCUT2D eigenvalue weighted by atomic mass is 79.9. The molecule has 1 aromatic rings. The van der Waals surface area contributed by atoms with Crippen molar-refractivity contribution in [2.75, 3.05) is 0 Å². The van der Waals surface area contributed by atoms with Crippen molar-refractivity contribution in [3.05, 3.63) is 26.9 Å². The van der Waals surface area contributed by atoms with Crippen LogP contribution in [0.5, 0.6) is 0 Å². The maximum absolute atomic E-state index is 12.3. The first-order chi connectivity index (χ1) is 6.43. The molecule has 1 heterocycles. The monoisotopic (exact) mass is 285 g/mol. The number of carboxylic acid groups (broad SMARTS) is 1. The smallest absolute Gasteiger partial charge is 0.337 e. The average molecular weight is 286 g/mol. The molecule has 0 aliphatic carbocycles. The van der Waals surface area contributed by atoms with Crippen molar-refractivity contribution in [1.29, 1.82) is 0 Å². The molecule has 0 atom stereocenters. The average Bonchev–Trinajstić information content (AvgIpc) is 2.07. The van der Waals surface area contributed by atoms with E-state index in [1.54, 1.807) is 0 Å². The third-order valence-electron chi connectivity index (χ3n) is 1.39. The van der Waals surface area contributed by atoms with E-state index in [4.69, 9.17) is 16.7 Å². The lowest BCUT2D eigenvalue weighted by Crippen LogP contribution is -2.03. The minimum Gasteiger partial charge on any atom is -0.478 e. The van der Waals surface area contributed by atoms with Gasteiger partial charge in [-0.15, -0.1) is 0 Å². The van der Waals surface area contributed by atoms with Gasteiger partial charge in [0.05, 0.1) is 10.0 Å². The van der Waals surface area contributed by atoms with Gasteiger partial charge in [-0.2, -0.15) is 0 Å². The van der Waals surface area contributed by atoms with E-state index in [1.807, 2.05) is 0 Å². The summed E-state index contributed by atoms with van der Waals surface area (Å²) in [6, 6.07) is 1.000. The fourth-order valence-corrected chi connectivity index (χ4v) is 1.56. The number of nitrogens with zero attached hydrogens (tertiary/aromatic N) is 1. The largest absolute Gasteiger partial charge is 0.478 e. The Kier molecular flexibility index (Phi) is 3.38. The van der Waals surface area contributed by atoms with Crippen LogP contribution in [0.25, 0.3) is 0 Å². The van der Waals surface area contributed by atoms with E-state index in [0.29, 0.717) is 0 Å². The number of carboxylic acids is 1. The van der Waals surface area contributed by atoms with Gasteiger partial charge in [0.25, 0.3) is 6.43 Å². The number of hydrogen-bond acceptors (Lipinski definition) is 2. The van der Waals surface area contributed by atoms with Crippen LogP contribution < -0.4 is 0 Å². The highest BCUT2D eigenvalue weighted by molar-refractivity contribution is 9.10. The van der Waals surface area contributed by atoms with Crippen LogP contribution in [0.2, 0.25) is 5.15 Å². The molecule has 3 nitrogen and oxygen atoms in total. The Hall–Kier alpha value is -0.750. The van der Waals surface area contributed by atoms with Gasteiger partial charge in [0.15, 0.2) is 0 Å². The van der Waals surface area contributed by atoms with E-state index in [9.17, 15) is 13.6 Å². The van der Waals surface area contributed by atoms with E-state index >= 15 is 0 Å². The molecule has 0 radical (unpaired) electrons. The van der Waals surface area contributed by atoms with Crippen LogP contribution in [0.4, 0.5) is 8.78 Å². The zero-order chi connectivity index (χ0) is 10.9. The predicted octanol–water partition coefficient (Wildman–Crippen LogP) is 3.13. The van der Waals surface area contributed by atoms with Crippen molar-refractivity contribution in [1.82, 2.24) is 4.98 Å². The Bertz CT molecular complexity index is 386. The summed E-state index contributed by atoms with van der Waals surface area (Å²) in [6.45, 7) is 0. The van der Waals surface area contributed by atoms with E-state index in [1.165, 1.54) is 0 Å². The fraction of sp³-hybridized carbons (Fsp3) is 0.143. The normalized spacial score (nSPS) is 10.6. The highest BCUT2D eigenvalue weighted by Crippen LogP contribution is 2.30. The predicted molar refractivity (Wildman–Crippen MR) is 48.9 cm³/mol. The number of rotatable bonds is 2. The molecule has 14 heavy (non-hydrogen) atoms. The lowest BCUT2D eigenvalue weighted by atomic mass is 10.2. The lowest BCUT2D eigenvalue weighted by Gasteiger charge is -2.05. The third-order valence-corrected chi connectivity index (χ3v) is 2.42. The Balaban J connectivity index is 3.40. The van der Waals surface area contributed by atoms with Gasteiger partial charge in [-0.1, -0.05) is 11.6 Å². The summed E-state index contributed by atoms with van der Waals surface area (Å²) in [6.07, 6.45) is -2.87. The molecule has 0 aromatic carbocycles. The first-order valence-corrected chi connectivity index (χ1v) is 4.48. The number of carbonyl (C=O) groups is 1. The van der Waals surface area contributed by atoms with E-state index in [2.05, 4.69) is 20.9 Å². The number of pyridine rings is 1. The molecule has 1 N–H and O–H groups in total. The molecule has 0 spiro atoms. The van der Waals surface area contributed by atoms with Crippen LogP contribution in [-0.2, 0) is 0 Å². The summed E-state index contributed by atoms with van der Waals surface area (Å²) >= 11 is 8.12. The molecule has 0 saturated heterocycles. The lowest BCUT2D eigenvalue weighted by molar-refractivity contribution is 0.0695. The molecule has 76 valence electrons. The minimum absolute atomic E-state index is 0.246. The van der Waals surface area contributed by atoms with Crippen LogP contribution in [0.3, 0.4) is 0 Å². The first-order valence-electron chi connectivity index (χ1n) is 3.31.